The molecule has 146 valence electrons. The van der Waals surface area contributed by atoms with Gasteiger partial charge in [-0.05, 0) is 49.8 Å². The summed E-state index contributed by atoms with van der Waals surface area (Å²) in [6.45, 7) is 4.24. The molecule has 0 unspecified atom stereocenters. The lowest BCUT2D eigenvalue weighted by molar-refractivity contribution is 0.235. The topological polar surface area (TPSA) is 77.2 Å². The summed E-state index contributed by atoms with van der Waals surface area (Å²) in [6.07, 6.45) is 5.23. The van der Waals surface area contributed by atoms with Crippen molar-refractivity contribution in [3.63, 3.8) is 0 Å². The molecule has 3 heterocycles. The smallest absolute Gasteiger partial charge is 0.264 e. The number of aryl methyl sites for hydroxylation is 1. The molecule has 1 fully saturated rings. The lowest BCUT2D eigenvalue weighted by atomic mass is 10.2. The fourth-order valence-electron chi connectivity index (χ4n) is 3.08. The second-order valence-electron chi connectivity index (χ2n) is 6.57. The van der Waals surface area contributed by atoms with E-state index in [1.807, 2.05) is 36.6 Å². The molecule has 1 saturated heterocycles. The Balaban J connectivity index is 1.45. The average Bonchev–Trinajstić information content (AvgIpc) is 3.44. The van der Waals surface area contributed by atoms with Gasteiger partial charge in [0.1, 0.15) is 0 Å². The Bertz CT molecular complexity index is 923. The van der Waals surface area contributed by atoms with Crippen LogP contribution in [-0.2, 0) is 13.0 Å². The van der Waals surface area contributed by atoms with Crippen LogP contribution >= 0.6 is 11.8 Å². The number of thioether (sulfide) groups is 1. The van der Waals surface area contributed by atoms with Gasteiger partial charge < -0.3 is 14.2 Å². The minimum Gasteiger partial charge on any atom is -0.467 e. The third kappa shape index (κ3) is 4.27. The van der Waals surface area contributed by atoms with Gasteiger partial charge in [0.05, 0.1) is 0 Å². The summed E-state index contributed by atoms with van der Waals surface area (Å²) in [4.78, 5) is 17.0. The number of anilines is 1. The molecule has 0 radical (unpaired) electrons. The van der Waals surface area contributed by atoms with Gasteiger partial charge in [-0.15, -0.1) is 11.8 Å². The van der Waals surface area contributed by atoms with Gasteiger partial charge in [0.2, 0.25) is 17.7 Å². The average molecular weight is 398 g/mol. The minimum absolute atomic E-state index is 0.176. The van der Waals surface area contributed by atoms with Crippen LogP contribution in [0.15, 0.2) is 39.8 Å². The molecule has 0 spiro atoms. The molecule has 4 rings (SSSR count). The van der Waals surface area contributed by atoms with Crippen LogP contribution in [0.25, 0.3) is 11.4 Å². The number of hydrogen-bond donors (Lipinski definition) is 0. The van der Waals surface area contributed by atoms with Crippen LogP contribution in [0.1, 0.15) is 31.4 Å². The summed E-state index contributed by atoms with van der Waals surface area (Å²) in [5.74, 6) is 2.26. The van der Waals surface area contributed by atoms with E-state index in [0.717, 1.165) is 36.7 Å². The largest absolute Gasteiger partial charge is 0.467 e. The molecule has 0 aliphatic carbocycles. The second-order valence-corrected chi connectivity index (χ2v) is 7.45. The van der Waals surface area contributed by atoms with Crippen LogP contribution in [0.2, 0.25) is 0 Å². The number of rotatable bonds is 7. The zero-order valence-electron chi connectivity index (χ0n) is 16.1. The van der Waals surface area contributed by atoms with E-state index in [4.69, 9.17) is 9.26 Å². The van der Waals surface area contributed by atoms with Crippen LogP contribution in [0.3, 0.4) is 0 Å². The standard InChI is InChI=1S/C20H23N5O2S/c1-3-15-12-17(23-20(21-15)25-10-4-5-11-25)26-13-18-22-19(24-27-18)14-6-8-16(28-2)9-7-14/h6-9,12H,3-5,10-11,13H2,1-2H3. The summed E-state index contributed by atoms with van der Waals surface area (Å²) >= 11 is 1.70. The van der Waals surface area contributed by atoms with Crippen LogP contribution in [0, 0.1) is 0 Å². The van der Waals surface area contributed by atoms with E-state index in [1.165, 1.54) is 17.7 Å². The first-order valence-corrected chi connectivity index (χ1v) is 10.7. The van der Waals surface area contributed by atoms with Crippen molar-refractivity contribution in [3.05, 3.63) is 41.9 Å². The molecule has 8 heteroatoms. The minimum atomic E-state index is 0.176. The van der Waals surface area contributed by atoms with Gasteiger partial charge in [-0.2, -0.15) is 9.97 Å². The Labute approximate surface area is 168 Å². The Morgan fingerprint density at radius 1 is 1.11 bits per heavy atom. The fourth-order valence-corrected chi connectivity index (χ4v) is 3.49. The molecule has 1 aromatic carbocycles. The summed E-state index contributed by atoms with van der Waals surface area (Å²) in [6, 6.07) is 9.93. The first-order chi connectivity index (χ1) is 13.7. The third-order valence-corrected chi connectivity index (χ3v) is 5.40. The molecule has 1 aliphatic rings. The van der Waals surface area contributed by atoms with Gasteiger partial charge >= 0.3 is 0 Å². The number of nitrogens with zero attached hydrogens (tertiary/aromatic N) is 5. The highest BCUT2D eigenvalue weighted by atomic mass is 32.2. The first kappa shape index (κ1) is 18.7. The van der Waals surface area contributed by atoms with Crippen molar-refractivity contribution >= 4 is 17.7 Å². The van der Waals surface area contributed by atoms with Crippen LogP contribution in [0.4, 0.5) is 5.95 Å². The fraction of sp³-hybridized carbons (Fsp3) is 0.400. The second kappa shape index (κ2) is 8.60. The van der Waals surface area contributed by atoms with Crippen LogP contribution in [0.5, 0.6) is 5.88 Å². The highest BCUT2D eigenvalue weighted by Gasteiger charge is 2.17. The van der Waals surface area contributed by atoms with Crippen LogP contribution in [-0.4, -0.2) is 39.5 Å². The Morgan fingerprint density at radius 2 is 1.89 bits per heavy atom. The summed E-state index contributed by atoms with van der Waals surface area (Å²) in [5, 5.41) is 4.05. The van der Waals surface area contributed by atoms with E-state index >= 15 is 0 Å². The van der Waals surface area contributed by atoms with Gasteiger partial charge in [-0.25, -0.2) is 4.98 Å². The zero-order chi connectivity index (χ0) is 19.3. The lowest BCUT2D eigenvalue weighted by Gasteiger charge is -2.16. The maximum Gasteiger partial charge on any atom is 0.264 e. The Kier molecular flexibility index (Phi) is 5.76. The highest BCUT2D eigenvalue weighted by molar-refractivity contribution is 7.98. The number of benzene rings is 1. The first-order valence-electron chi connectivity index (χ1n) is 9.48. The highest BCUT2D eigenvalue weighted by Crippen LogP contribution is 2.23. The predicted molar refractivity (Wildman–Crippen MR) is 109 cm³/mol. The van der Waals surface area contributed by atoms with Crippen molar-refractivity contribution in [3.8, 4) is 17.3 Å². The Hall–Kier alpha value is -2.61. The molecule has 1 aliphatic heterocycles. The summed E-state index contributed by atoms with van der Waals surface area (Å²) in [7, 11) is 0. The SMILES string of the molecule is CCc1cc(OCc2nc(-c3ccc(SC)cc3)no2)nc(N2CCCC2)n1. The summed E-state index contributed by atoms with van der Waals surface area (Å²) < 4.78 is 11.2. The monoisotopic (exact) mass is 397 g/mol. The molecule has 28 heavy (non-hydrogen) atoms. The van der Waals surface area contributed by atoms with Gasteiger partial charge in [-0.1, -0.05) is 12.1 Å². The van der Waals surface area contributed by atoms with Gasteiger partial charge in [0.15, 0.2) is 6.61 Å². The molecule has 0 amide bonds. The molecule has 0 atom stereocenters. The maximum absolute atomic E-state index is 5.84. The van der Waals surface area contributed by atoms with Gasteiger partial charge in [-0.3, -0.25) is 0 Å². The van der Waals surface area contributed by atoms with Crippen molar-refractivity contribution < 1.29 is 9.26 Å². The van der Waals surface area contributed by atoms with Gasteiger partial charge in [0, 0.05) is 35.3 Å². The van der Waals surface area contributed by atoms with E-state index in [2.05, 4.69) is 31.9 Å². The Morgan fingerprint density at radius 3 is 2.61 bits per heavy atom. The summed E-state index contributed by atoms with van der Waals surface area (Å²) in [5.41, 5.74) is 1.88. The normalized spacial score (nSPS) is 13.9. The molecule has 3 aromatic rings. The molecule has 2 aromatic heterocycles. The zero-order valence-corrected chi connectivity index (χ0v) is 16.9. The molecule has 7 nitrogen and oxygen atoms in total. The van der Waals surface area contributed by atoms with E-state index < -0.39 is 0 Å². The van der Waals surface area contributed by atoms with Crippen molar-refractivity contribution in [1.82, 2.24) is 20.1 Å². The molecular formula is C20H23N5O2S. The third-order valence-electron chi connectivity index (χ3n) is 4.65. The maximum atomic E-state index is 5.84. The molecule has 0 saturated carbocycles. The van der Waals surface area contributed by atoms with E-state index in [1.54, 1.807) is 11.8 Å². The van der Waals surface area contributed by atoms with E-state index in [9.17, 15) is 0 Å². The van der Waals surface area contributed by atoms with Crippen molar-refractivity contribution in [1.29, 1.82) is 0 Å². The number of hydrogen-bond acceptors (Lipinski definition) is 8. The van der Waals surface area contributed by atoms with Gasteiger partial charge in [0.25, 0.3) is 5.89 Å². The molecule has 0 bridgehead atoms. The van der Waals surface area contributed by atoms with Crippen LogP contribution < -0.4 is 9.64 Å². The molecule has 0 N–H and O–H groups in total. The quantitative estimate of drug-likeness (QED) is 0.554. The van der Waals surface area contributed by atoms with E-state index in [-0.39, 0.29) is 6.61 Å². The predicted octanol–water partition coefficient (Wildman–Crippen LogP) is 3.99. The van der Waals surface area contributed by atoms with Crippen molar-refractivity contribution in [2.24, 2.45) is 0 Å². The lowest BCUT2D eigenvalue weighted by Crippen LogP contribution is -2.21. The molecular weight excluding hydrogens is 374 g/mol. The number of ether oxygens (including phenoxy) is 1. The van der Waals surface area contributed by atoms with Crippen molar-refractivity contribution in [2.75, 3.05) is 24.2 Å². The van der Waals surface area contributed by atoms with E-state index in [0.29, 0.717) is 17.6 Å². The van der Waals surface area contributed by atoms with Crippen molar-refractivity contribution in [2.45, 2.75) is 37.7 Å². The number of aromatic nitrogens is 4.